The van der Waals surface area contributed by atoms with E-state index in [1.807, 2.05) is 0 Å². The maximum Gasteiger partial charge on any atom is 0.283 e. The smallest absolute Gasteiger partial charge is 0.283 e. The number of rotatable bonds is 6. The van der Waals surface area contributed by atoms with E-state index < -0.39 is 15.8 Å². The van der Waals surface area contributed by atoms with Crippen molar-refractivity contribution in [2.75, 3.05) is 11.4 Å². The van der Waals surface area contributed by atoms with Gasteiger partial charge in [-0.3, -0.25) is 0 Å². The summed E-state index contributed by atoms with van der Waals surface area (Å²) in [4.78, 5) is 3.90. The van der Waals surface area contributed by atoms with Crippen molar-refractivity contribution in [3.05, 3.63) is 64.9 Å². The third kappa shape index (κ3) is 3.68. The number of benzene rings is 1. The fraction of sp³-hybridized carbons (Fsp3) is 0.176. The third-order valence-corrected chi connectivity index (χ3v) is 5.92. The van der Waals surface area contributed by atoms with Gasteiger partial charge in [0.05, 0.1) is 19.3 Å². The highest BCUT2D eigenvalue weighted by Crippen LogP contribution is 2.25. The molecule has 0 fully saturated rings. The van der Waals surface area contributed by atoms with Crippen LogP contribution in [0.1, 0.15) is 11.3 Å². The molecule has 0 amide bonds. The quantitative estimate of drug-likeness (QED) is 0.642. The summed E-state index contributed by atoms with van der Waals surface area (Å²) in [6.45, 7) is 1.49. The Morgan fingerprint density at radius 3 is 2.46 bits per heavy atom. The standard InChI is InChI=1S/C17H16FN3O3S2/c1-12-15(18)7-8-17(19-12)26(22,23)21(16-9-10-25-20-16)11-13-3-5-14(24-2)6-4-13/h3-10H,11H2,1-2H3. The van der Waals surface area contributed by atoms with Crippen molar-refractivity contribution in [2.45, 2.75) is 18.5 Å². The van der Waals surface area contributed by atoms with Crippen molar-refractivity contribution in [3.8, 4) is 5.75 Å². The van der Waals surface area contributed by atoms with Crippen molar-refractivity contribution in [3.63, 3.8) is 0 Å². The summed E-state index contributed by atoms with van der Waals surface area (Å²) >= 11 is 1.14. The lowest BCUT2D eigenvalue weighted by Gasteiger charge is -2.22. The molecular formula is C17H16FN3O3S2. The Balaban J connectivity index is 2.01. The van der Waals surface area contributed by atoms with Gasteiger partial charge < -0.3 is 4.74 Å². The fourth-order valence-corrected chi connectivity index (χ4v) is 4.25. The molecule has 0 aliphatic heterocycles. The van der Waals surface area contributed by atoms with Crippen molar-refractivity contribution < 1.29 is 17.5 Å². The number of nitrogens with zero attached hydrogens (tertiary/aromatic N) is 3. The van der Waals surface area contributed by atoms with Crippen LogP contribution in [0, 0.1) is 12.7 Å². The minimum atomic E-state index is -4.01. The van der Waals surface area contributed by atoms with Crippen LogP contribution in [0.5, 0.6) is 5.75 Å². The number of aromatic nitrogens is 2. The second kappa shape index (κ2) is 7.38. The number of pyridine rings is 1. The molecule has 0 unspecified atom stereocenters. The zero-order valence-corrected chi connectivity index (χ0v) is 15.7. The van der Waals surface area contributed by atoms with Crippen molar-refractivity contribution in [1.82, 2.24) is 9.36 Å². The van der Waals surface area contributed by atoms with Gasteiger partial charge in [0.25, 0.3) is 10.0 Å². The predicted molar refractivity (Wildman–Crippen MR) is 97.4 cm³/mol. The number of hydrogen-bond donors (Lipinski definition) is 0. The lowest BCUT2D eigenvalue weighted by Crippen LogP contribution is -2.31. The number of methoxy groups -OCH3 is 1. The molecule has 0 N–H and O–H groups in total. The molecular weight excluding hydrogens is 377 g/mol. The molecule has 0 radical (unpaired) electrons. The molecule has 0 atom stereocenters. The highest BCUT2D eigenvalue weighted by Gasteiger charge is 2.28. The van der Waals surface area contributed by atoms with Gasteiger partial charge in [-0.15, -0.1) is 0 Å². The van der Waals surface area contributed by atoms with Crippen molar-refractivity contribution >= 4 is 27.4 Å². The monoisotopic (exact) mass is 393 g/mol. The molecule has 9 heteroatoms. The van der Waals surface area contributed by atoms with Gasteiger partial charge in [-0.2, -0.15) is 12.8 Å². The van der Waals surface area contributed by atoms with Crippen LogP contribution in [0.15, 0.2) is 52.9 Å². The average Bonchev–Trinajstić information content (AvgIpc) is 3.16. The van der Waals surface area contributed by atoms with Gasteiger partial charge in [0, 0.05) is 5.38 Å². The number of ether oxygens (including phenoxy) is 1. The zero-order valence-electron chi connectivity index (χ0n) is 14.1. The molecule has 3 aromatic rings. The molecule has 1 aromatic carbocycles. The van der Waals surface area contributed by atoms with Gasteiger partial charge in [0.1, 0.15) is 11.6 Å². The van der Waals surface area contributed by atoms with Gasteiger partial charge in [0.2, 0.25) is 0 Å². The van der Waals surface area contributed by atoms with E-state index >= 15 is 0 Å². The van der Waals surface area contributed by atoms with E-state index in [0.29, 0.717) is 5.75 Å². The Labute approximate surface area is 155 Å². The van der Waals surface area contributed by atoms with Crippen LogP contribution in [0.3, 0.4) is 0 Å². The highest BCUT2D eigenvalue weighted by atomic mass is 32.2. The fourth-order valence-electron chi connectivity index (χ4n) is 2.30. The molecule has 2 heterocycles. The lowest BCUT2D eigenvalue weighted by molar-refractivity contribution is 0.414. The van der Waals surface area contributed by atoms with E-state index in [2.05, 4.69) is 9.36 Å². The number of sulfonamides is 1. The third-order valence-electron chi connectivity index (χ3n) is 3.72. The molecule has 0 saturated heterocycles. The number of aryl methyl sites for hydroxylation is 1. The van der Waals surface area contributed by atoms with Crippen LogP contribution < -0.4 is 9.04 Å². The maximum atomic E-state index is 13.5. The number of halogens is 1. The van der Waals surface area contributed by atoms with Crippen LogP contribution in [-0.4, -0.2) is 24.9 Å². The van der Waals surface area contributed by atoms with Crippen molar-refractivity contribution in [1.29, 1.82) is 0 Å². The van der Waals surface area contributed by atoms with Gasteiger partial charge >= 0.3 is 0 Å². The Kier molecular flexibility index (Phi) is 5.19. The van der Waals surface area contributed by atoms with E-state index in [1.165, 1.54) is 6.92 Å². The van der Waals surface area contributed by atoms with Crippen LogP contribution >= 0.6 is 11.5 Å². The molecule has 26 heavy (non-hydrogen) atoms. The lowest BCUT2D eigenvalue weighted by atomic mass is 10.2. The highest BCUT2D eigenvalue weighted by molar-refractivity contribution is 7.92. The molecule has 0 saturated carbocycles. The minimum Gasteiger partial charge on any atom is -0.497 e. The van der Waals surface area contributed by atoms with Gasteiger partial charge in [-0.1, -0.05) is 12.1 Å². The largest absolute Gasteiger partial charge is 0.497 e. The zero-order chi connectivity index (χ0) is 18.7. The number of hydrogen-bond acceptors (Lipinski definition) is 6. The first kappa shape index (κ1) is 18.3. The molecule has 2 aromatic heterocycles. The summed E-state index contributed by atoms with van der Waals surface area (Å²) in [7, 11) is -2.45. The van der Waals surface area contributed by atoms with E-state index in [-0.39, 0.29) is 23.1 Å². The summed E-state index contributed by atoms with van der Waals surface area (Å²) in [6, 6.07) is 10.9. The molecule has 0 aliphatic carbocycles. The first-order valence-corrected chi connectivity index (χ1v) is 9.88. The molecule has 6 nitrogen and oxygen atoms in total. The van der Waals surface area contributed by atoms with Gasteiger partial charge in [-0.05, 0) is 54.4 Å². The SMILES string of the molecule is COc1ccc(CN(c2ccsn2)S(=O)(=O)c2ccc(F)c(C)n2)cc1. The molecule has 0 bridgehead atoms. The van der Waals surface area contributed by atoms with Crippen LogP contribution in [-0.2, 0) is 16.6 Å². The molecule has 0 spiro atoms. The topological polar surface area (TPSA) is 72.4 Å². The van der Waals surface area contributed by atoms with Crippen LogP contribution in [0.2, 0.25) is 0 Å². The summed E-state index contributed by atoms with van der Waals surface area (Å²) in [5.41, 5.74) is 0.773. The predicted octanol–water partition coefficient (Wildman–Crippen LogP) is 3.39. The van der Waals surface area contributed by atoms with Crippen LogP contribution in [0.4, 0.5) is 10.2 Å². The Hall–Kier alpha value is -2.52. The van der Waals surface area contributed by atoms with E-state index in [0.717, 1.165) is 33.5 Å². The van der Waals surface area contributed by atoms with Gasteiger partial charge in [0.15, 0.2) is 10.8 Å². The molecule has 136 valence electrons. The Morgan fingerprint density at radius 1 is 1.15 bits per heavy atom. The maximum absolute atomic E-state index is 13.5. The Morgan fingerprint density at radius 2 is 1.88 bits per heavy atom. The van der Waals surface area contributed by atoms with Gasteiger partial charge in [-0.25, -0.2) is 13.7 Å². The summed E-state index contributed by atoms with van der Waals surface area (Å²) in [6.07, 6.45) is 0. The summed E-state index contributed by atoms with van der Waals surface area (Å²) in [5, 5.41) is 1.47. The van der Waals surface area contributed by atoms with E-state index in [1.54, 1.807) is 42.8 Å². The number of anilines is 1. The summed E-state index contributed by atoms with van der Waals surface area (Å²) in [5.74, 6) is 0.404. The summed E-state index contributed by atoms with van der Waals surface area (Å²) < 4.78 is 50.1. The second-order valence-corrected chi connectivity index (χ2v) is 7.91. The molecule has 3 rings (SSSR count). The average molecular weight is 393 g/mol. The minimum absolute atomic E-state index is 0.0220. The van der Waals surface area contributed by atoms with E-state index in [4.69, 9.17) is 4.74 Å². The Bertz CT molecular complexity index is 991. The first-order chi connectivity index (χ1) is 12.4. The van der Waals surface area contributed by atoms with Crippen molar-refractivity contribution in [2.24, 2.45) is 0 Å². The molecule has 0 aliphatic rings. The van der Waals surface area contributed by atoms with Crippen LogP contribution in [0.25, 0.3) is 0 Å². The van der Waals surface area contributed by atoms with E-state index in [9.17, 15) is 12.8 Å². The normalized spacial score (nSPS) is 11.3. The second-order valence-electron chi connectivity index (χ2n) is 5.43. The first-order valence-electron chi connectivity index (χ1n) is 7.61.